The number of hydrogen-bond donors (Lipinski definition) is 2. The van der Waals surface area contributed by atoms with E-state index in [9.17, 15) is 57.5 Å². The molecular weight excluding hydrogens is 830 g/mol. The fourth-order valence-electron chi connectivity index (χ4n) is 4.82. The van der Waals surface area contributed by atoms with Crippen molar-refractivity contribution in [3.63, 3.8) is 0 Å². The SMILES string of the molecule is C#CCNCC(=O)N(C)CC(=O)N(C)CC(=O)N(C)CC(=O)N(C)CC(=O)N(C)CC(=O)N(C)CC(=O)N(C)CC(=O)N(C)CC(=O)N(C)CC(=O)N(C)CC(=O)N(C)CC(N)=O. The zero-order chi connectivity index (χ0) is 48.9. The highest BCUT2D eigenvalue weighted by molar-refractivity contribution is 5.94. The third-order valence-electron chi connectivity index (χ3n) is 9.30. The highest BCUT2D eigenvalue weighted by Crippen LogP contribution is 2.01. The van der Waals surface area contributed by atoms with Gasteiger partial charge in [0.15, 0.2) is 0 Å². The lowest BCUT2D eigenvalue weighted by molar-refractivity contribution is -0.146. The normalized spacial score (nSPS) is 10.3. The van der Waals surface area contributed by atoms with Gasteiger partial charge >= 0.3 is 0 Å². The molecule has 0 atom stereocenters. The summed E-state index contributed by atoms with van der Waals surface area (Å²) in [6.07, 6.45) is 5.13. The summed E-state index contributed by atoms with van der Waals surface area (Å²) in [6.45, 7) is -4.40. The number of terminal acetylenes is 1. The van der Waals surface area contributed by atoms with Crippen LogP contribution in [0.5, 0.6) is 0 Å². The summed E-state index contributed by atoms with van der Waals surface area (Å²) >= 11 is 0. The summed E-state index contributed by atoms with van der Waals surface area (Å²) in [6, 6.07) is 0. The average molecular weight is 894 g/mol. The molecule has 0 radical (unpaired) electrons. The van der Waals surface area contributed by atoms with Crippen LogP contribution in [-0.2, 0) is 57.5 Å². The van der Waals surface area contributed by atoms with Gasteiger partial charge in [0, 0.05) is 77.5 Å². The molecule has 0 aliphatic carbocycles. The minimum atomic E-state index is -0.726. The van der Waals surface area contributed by atoms with E-state index in [1.807, 2.05) is 0 Å². The third-order valence-corrected chi connectivity index (χ3v) is 9.30. The minimum Gasteiger partial charge on any atom is -0.368 e. The first kappa shape index (κ1) is 56.2. The van der Waals surface area contributed by atoms with Crippen LogP contribution in [-0.4, -0.2) is 287 Å². The van der Waals surface area contributed by atoms with Gasteiger partial charge in [-0.2, -0.15) is 0 Å². The van der Waals surface area contributed by atoms with Crippen molar-refractivity contribution in [2.24, 2.45) is 5.73 Å². The monoisotopic (exact) mass is 893 g/mol. The standard InChI is InChI=1S/C38H63N13O12/c1-13-14-40-15-28(53)42(3)17-30(55)44(5)19-32(57)46(7)21-34(59)48(9)23-36(61)50(11)25-38(63)51(12)26-37(62)49(10)24-35(60)47(8)22-33(58)45(6)20-31(56)43(4)18-29(54)41(2)16-27(39)52/h1,40H,14-26H2,2-12H3,(H2,39,52). The average Bonchev–Trinajstić information content (AvgIpc) is 3.19. The fraction of sp³-hybridized carbons (Fsp3) is 0.632. The molecule has 3 N–H and O–H groups in total. The molecule has 0 aliphatic heterocycles. The van der Waals surface area contributed by atoms with Gasteiger partial charge in [0.1, 0.15) is 0 Å². The molecule has 0 heterocycles. The van der Waals surface area contributed by atoms with Crippen LogP contribution >= 0.6 is 0 Å². The fourth-order valence-corrected chi connectivity index (χ4v) is 4.82. The van der Waals surface area contributed by atoms with Crippen LogP contribution in [0.4, 0.5) is 0 Å². The molecule has 25 heteroatoms. The Morgan fingerprint density at radius 2 is 0.492 bits per heavy atom. The van der Waals surface area contributed by atoms with E-state index in [0.717, 1.165) is 49.0 Å². The molecule has 0 spiro atoms. The van der Waals surface area contributed by atoms with Crippen LogP contribution in [0.3, 0.4) is 0 Å². The van der Waals surface area contributed by atoms with Crippen molar-refractivity contribution >= 4 is 70.9 Å². The molecule has 0 bridgehead atoms. The molecule has 63 heavy (non-hydrogen) atoms. The maximum Gasteiger partial charge on any atom is 0.242 e. The number of hydrogen-bond acceptors (Lipinski definition) is 13. The van der Waals surface area contributed by atoms with Crippen molar-refractivity contribution in [3.8, 4) is 12.3 Å². The maximum atomic E-state index is 12.9. The summed E-state index contributed by atoms with van der Waals surface area (Å²) < 4.78 is 0. The zero-order valence-electron chi connectivity index (χ0n) is 38.2. The van der Waals surface area contributed by atoms with Crippen LogP contribution in [0.25, 0.3) is 0 Å². The van der Waals surface area contributed by atoms with E-state index in [2.05, 4.69) is 11.2 Å². The Morgan fingerprint density at radius 1 is 0.333 bits per heavy atom. The van der Waals surface area contributed by atoms with Gasteiger partial charge in [-0.05, 0) is 0 Å². The molecule has 0 aromatic rings. The first-order valence-electron chi connectivity index (χ1n) is 19.2. The first-order valence-corrected chi connectivity index (χ1v) is 19.2. The second-order valence-corrected chi connectivity index (χ2v) is 15.0. The van der Waals surface area contributed by atoms with Crippen LogP contribution in [0.15, 0.2) is 0 Å². The number of nitrogens with one attached hydrogen (secondary N) is 1. The van der Waals surface area contributed by atoms with E-state index in [1.54, 1.807) is 0 Å². The topological polar surface area (TPSA) is 279 Å². The summed E-state index contributed by atoms with van der Waals surface area (Å²) in [7, 11) is 14.7. The van der Waals surface area contributed by atoms with Crippen molar-refractivity contribution < 1.29 is 57.5 Å². The quantitative estimate of drug-likeness (QED) is 0.0638. The number of carbonyl (C=O) groups excluding carboxylic acids is 12. The van der Waals surface area contributed by atoms with Gasteiger partial charge in [-0.1, -0.05) is 5.92 Å². The number of primary amides is 1. The van der Waals surface area contributed by atoms with Crippen molar-refractivity contribution in [1.29, 1.82) is 0 Å². The largest absolute Gasteiger partial charge is 0.368 e. The molecule has 0 aromatic carbocycles. The summed E-state index contributed by atoms with van der Waals surface area (Å²) in [5.74, 6) is -4.78. The molecule has 0 fully saturated rings. The van der Waals surface area contributed by atoms with E-state index in [-0.39, 0.29) is 45.2 Å². The van der Waals surface area contributed by atoms with E-state index in [0.29, 0.717) is 0 Å². The Balaban J connectivity index is 4.90. The van der Waals surface area contributed by atoms with Crippen LogP contribution in [0, 0.1) is 12.3 Å². The zero-order valence-corrected chi connectivity index (χ0v) is 38.2. The molecule has 0 saturated carbocycles. The van der Waals surface area contributed by atoms with Gasteiger partial charge in [0.05, 0.1) is 85.1 Å². The Bertz CT molecular complexity index is 1770. The molecule has 352 valence electrons. The van der Waals surface area contributed by atoms with E-state index in [4.69, 9.17) is 12.2 Å². The lowest BCUT2D eigenvalue weighted by Crippen LogP contribution is -2.49. The predicted molar refractivity (Wildman–Crippen MR) is 225 cm³/mol. The smallest absolute Gasteiger partial charge is 0.242 e. The molecule has 0 saturated heterocycles. The molecule has 0 unspecified atom stereocenters. The van der Waals surface area contributed by atoms with Gasteiger partial charge < -0.3 is 59.6 Å². The van der Waals surface area contributed by atoms with Gasteiger partial charge in [-0.3, -0.25) is 62.9 Å². The number of nitrogens with two attached hydrogens (primary N) is 1. The summed E-state index contributed by atoms with van der Waals surface area (Å²) in [5.41, 5.74) is 5.08. The molecule has 25 nitrogen and oxygen atoms in total. The number of amides is 12. The van der Waals surface area contributed by atoms with Crippen molar-refractivity contribution in [2.45, 2.75) is 0 Å². The van der Waals surface area contributed by atoms with Crippen molar-refractivity contribution in [2.75, 3.05) is 163 Å². The first-order chi connectivity index (χ1) is 29.1. The van der Waals surface area contributed by atoms with Crippen molar-refractivity contribution in [1.82, 2.24) is 59.2 Å². The lowest BCUT2D eigenvalue weighted by atomic mass is 10.3. The highest BCUT2D eigenvalue weighted by atomic mass is 16.2. The minimum absolute atomic E-state index is 0.0688. The predicted octanol–water partition coefficient (Wildman–Crippen LogP) is -7.26. The Hall–Kier alpha value is -6.84. The van der Waals surface area contributed by atoms with E-state index in [1.165, 1.54) is 82.4 Å². The summed E-state index contributed by atoms with van der Waals surface area (Å²) in [5, 5.41) is 2.72. The van der Waals surface area contributed by atoms with Crippen LogP contribution in [0.1, 0.15) is 0 Å². The third kappa shape index (κ3) is 21.0. The molecule has 12 amide bonds. The second kappa shape index (κ2) is 27.2. The Labute approximate surface area is 367 Å². The van der Waals surface area contributed by atoms with Gasteiger partial charge in [-0.25, -0.2) is 0 Å². The highest BCUT2D eigenvalue weighted by Gasteiger charge is 2.26. The van der Waals surface area contributed by atoms with E-state index >= 15 is 0 Å². The molecular formula is C38H63N13O12. The van der Waals surface area contributed by atoms with Gasteiger partial charge in [-0.15, -0.1) is 6.42 Å². The number of rotatable bonds is 25. The number of carbonyl (C=O) groups is 12. The van der Waals surface area contributed by atoms with Crippen LogP contribution in [0.2, 0.25) is 0 Å². The molecule has 0 aromatic heterocycles. The Kier molecular flexibility index (Phi) is 24.2. The number of nitrogens with zero attached hydrogens (tertiary/aromatic N) is 11. The van der Waals surface area contributed by atoms with Crippen molar-refractivity contribution in [3.05, 3.63) is 0 Å². The maximum absolute atomic E-state index is 12.9. The Morgan fingerprint density at radius 3 is 0.651 bits per heavy atom. The van der Waals surface area contributed by atoms with Gasteiger partial charge in [0.2, 0.25) is 70.9 Å². The number of likely N-dealkylation sites (N-methyl/N-ethyl adjacent to an activating group) is 11. The second-order valence-electron chi connectivity index (χ2n) is 15.0. The van der Waals surface area contributed by atoms with E-state index < -0.39 is 111 Å². The molecule has 0 rings (SSSR count). The summed E-state index contributed by atoms with van der Waals surface area (Å²) in [4.78, 5) is 162. The molecule has 0 aliphatic rings. The lowest BCUT2D eigenvalue weighted by Gasteiger charge is -2.27. The van der Waals surface area contributed by atoms with Crippen LogP contribution < -0.4 is 11.1 Å². The van der Waals surface area contributed by atoms with Gasteiger partial charge in [0.25, 0.3) is 0 Å².